The number of benzene rings is 9. The minimum absolute atomic E-state index is 0.364. The lowest BCUT2D eigenvalue weighted by molar-refractivity contribution is 0.876. The maximum absolute atomic E-state index is 5.13. The Morgan fingerprint density at radius 2 is 0.379 bits per heavy atom. The average Bonchev–Trinajstić information content (AvgIpc) is 1.57. The van der Waals surface area contributed by atoms with E-state index < -0.39 is 0 Å². The second-order valence-electron chi connectivity index (χ2n) is 31.3. The van der Waals surface area contributed by atoms with Gasteiger partial charge in [0.2, 0.25) is 23.8 Å². The summed E-state index contributed by atoms with van der Waals surface area (Å²) >= 11 is 0. The molecule has 0 bridgehead atoms. The van der Waals surface area contributed by atoms with E-state index in [0.29, 0.717) is 75.5 Å². The number of nitrogens with zero attached hydrogens (tertiary/aromatic N) is 23. The van der Waals surface area contributed by atoms with Crippen LogP contribution in [0.4, 0.5) is 0 Å². The molecule has 17 heterocycles. The van der Waals surface area contributed by atoms with Gasteiger partial charge in [-0.05, 0) is 172 Å². The maximum atomic E-state index is 5.13. The number of aromatic nitrogens is 23. The summed E-state index contributed by atoms with van der Waals surface area (Å²) < 4.78 is 7.63. The van der Waals surface area contributed by atoms with Crippen molar-refractivity contribution in [1.82, 2.24) is 113 Å². The van der Waals surface area contributed by atoms with Crippen molar-refractivity contribution >= 4 is 110 Å². The molecule has 0 saturated heterocycles. The molecule has 23 nitrogen and oxygen atoms in total. The van der Waals surface area contributed by atoms with Gasteiger partial charge in [0.05, 0.1) is 11.0 Å². The van der Waals surface area contributed by atoms with Gasteiger partial charge in [-0.25, -0.2) is 68.1 Å². The van der Waals surface area contributed by atoms with Crippen molar-refractivity contribution < 1.29 is 0 Å². The van der Waals surface area contributed by atoms with Gasteiger partial charge in [-0.2, -0.15) is 34.9 Å². The molecule has 0 aliphatic rings. The molecule has 17 aromatic heterocycles. The molecule has 0 aliphatic heterocycles. The van der Waals surface area contributed by atoms with E-state index in [1.54, 1.807) is 62.0 Å². The predicted molar refractivity (Wildman–Crippen MR) is 519 cm³/mol. The molecule has 0 fully saturated rings. The van der Waals surface area contributed by atoms with Gasteiger partial charge >= 0.3 is 0 Å². The molecule has 0 N–H and O–H groups in total. The van der Waals surface area contributed by atoms with Crippen LogP contribution in [0.1, 0.15) is 0 Å². The van der Waals surface area contributed by atoms with Gasteiger partial charge in [-0.3, -0.25) is 9.97 Å². The zero-order valence-electron chi connectivity index (χ0n) is 70.0. The molecule has 0 amide bonds. The first kappa shape index (κ1) is 76.8. The van der Waals surface area contributed by atoms with E-state index in [1.807, 2.05) is 212 Å². The van der Waals surface area contributed by atoms with Crippen molar-refractivity contribution in [1.29, 1.82) is 0 Å². The van der Waals surface area contributed by atoms with E-state index in [-0.39, 0.29) is 0 Å². The Hall–Kier alpha value is -18.8. The van der Waals surface area contributed by atoms with Crippen LogP contribution in [0.2, 0.25) is 0 Å². The summed E-state index contributed by atoms with van der Waals surface area (Å²) in [5, 5.41) is 9.55. The van der Waals surface area contributed by atoms with Crippen LogP contribution in [0.5, 0.6) is 0 Å². The summed E-state index contributed by atoms with van der Waals surface area (Å²) in [5.74, 6) is 4.42. The number of hydrogen-bond donors (Lipinski definition) is 0. The van der Waals surface area contributed by atoms with Crippen LogP contribution >= 0.6 is 0 Å². The van der Waals surface area contributed by atoms with E-state index in [9.17, 15) is 0 Å². The Labute approximate surface area is 751 Å². The van der Waals surface area contributed by atoms with Crippen molar-refractivity contribution in [3.63, 3.8) is 0 Å². The third-order valence-electron chi connectivity index (χ3n) is 23.5. The highest BCUT2D eigenvalue weighted by Gasteiger charge is 2.27. The van der Waals surface area contributed by atoms with Crippen LogP contribution in [0, 0.1) is 0 Å². The molecular formula is C109H67N23. The largest absolute Gasteiger partial charge is 0.254 e. The Kier molecular flexibility index (Phi) is 19.2. The summed E-state index contributed by atoms with van der Waals surface area (Å²) in [7, 11) is 0. The first-order chi connectivity index (χ1) is 65.5. The molecule has 0 unspecified atom stereocenters. The Morgan fingerprint density at radius 1 is 0.144 bits per heavy atom. The first-order valence-electron chi connectivity index (χ1n) is 42.8. The lowest BCUT2D eigenvalue weighted by atomic mass is 10.0. The molecule has 0 saturated carbocycles. The minimum Gasteiger partial charge on any atom is -0.254 e. The van der Waals surface area contributed by atoms with E-state index in [0.717, 1.165) is 160 Å². The van der Waals surface area contributed by atoms with Gasteiger partial charge in [0, 0.05) is 144 Å². The van der Waals surface area contributed by atoms with Crippen molar-refractivity contribution in [2.45, 2.75) is 0 Å². The molecule has 132 heavy (non-hydrogen) atoms. The van der Waals surface area contributed by atoms with Crippen LogP contribution < -0.4 is 0 Å². The lowest BCUT2D eigenvalue weighted by Crippen LogP contribution is -2.11. The van der Waals surface area contributed by atoms with Crippen molar-refractivity contribution in [2.24, 2.45) is 0 Å². The van der Waals surface area contributed by atoms with Crippen LogP contribution in [-0.4, -0.2) is 113 Å². The van der Waals surface area contributed by atoms with Crippen LogP contribution in [0.15, 0.2) is 408 Å². The van der Waals surface area contributed by atoms with E-state index in [2.05, 4.69) is 157 Å². The van der Waals surface area contributed by atoms with Crippen LogP contribution in [-0.2, 0) is 0 Å². The molecule has 23 heteroatoms. The lowest BCUT2D eigenvalue weighted by Gasteiger charge is -2.13. The molecule has 26 aromatic rings. The standard InChI is InChI=1S/2C37H24N6.C35H19N11/c1-3-11-25(12-4-1)27-15-7-17-29(23-27)33-40-34(30-18-8-16-28(24-30)26-13-5-2-6-14-26)42-37(41-33)43-35-31(19-9-21-38-35)32-20-10-22-39-36(32)43;1-3-9-25(10-4-1)27-15-19-29(20-16-27)33-40-34(30-21-17-28(18-22-30)26-11-5-2-6-12-26)42-37(41-33)43-35-31(13-7-23-38-35)32-14-8-24-39-36(32)43;1-7-20-19-26(21-8-2-14-37-28(21)27(20)36-13-1)29-42-34(45-30-22(9-3-15-38-30)23-10-4-16-39-31(23)45)44-35(43-29)46-32-24(11-5-17-40-32)25-12-6-18-41-33(25)46/h2*1-24H;1-19H. The van der Waals surface area contributed by atoms with E-state index >= 15 is 0 Å². The smallest absolute Gasteiger partial charge is 0.242 e. The van der Waals surface area contributed by atoms with Crippen molar-refractivity contribution in [3.05, 3.63) is 408 Å². The van der Waals surface area contributed by atoms with Crippen LogP contribution in [0.3, 0.4) is 0 Å². The molecular weight excluding hydrogens is 1630 g/mol. The minimum atomic E-state index is 0.364. The Balaban J connectivity index is 0.000000109. The fourth-order valence-corrected chi connectivity index (χ4v) is 17.3. The highest BCUT2D eigenvalue weighted by atomic mass is 15.3. The fourth-order valence-electron chi connectivity index (χ4n) is 17.3. The van der Waals surface area contributed by atoms with E-state index in [1.165, 1.54) is 0 Å². The van der Waals surface area contributed by atoms with Gasteiger partial charge in [-0.15, -0.1) is 0 Å². The third kappa shape index (κ3) is 14.0. The second-order valence-corrected chi connectivity index (χ2v) is 31.3. The SMILES string of the molecule is c1ccc(-c2ccc(-c3nc(-c4ccc(-c5ccccc5)cc4)nc(-n4c5ncccc5c5cccnc54)n3)cc2)cc1.c1ccc(-c2cccc(-c3nc(-c4cccc(-c5ccccc5)c4)nc(-n4c5ncccc5c5cccnc54)n3)c2)cc1.c1cnc2c(c1)cc(-c1nc(-n3c4ncccc4c4cccnc43)nc(-n3c4ncccc4c4cccnc43)n1)c1cccnc12. The summed E-state index contributed by atoms with van der Waals surface area (Å²) in [4.78, 5) is 92.7. The Bertz CT molecular complexity index is 8370. The Morgan fingerprint density at radius 3 is 0.705 bits per heavy atom. The molecule has 26 rings (SSSR count). The number of rotatable bonds is 13. The zero-order chi connectivity index (χ0) is 87.4. The summed E-state index contributed by atoms with van der Waals surface area (Å²) in [5.41, 5.74) is 20.7. The number of pyridine rings is 10. The number of fused-ring (bicyclic) bond motifs is 15. The summed E-state index contributed by atoms with van der Waals surface area (Å²) in [6, 6.07) is 116. The number of hydrogen-bond acceptors (Lipinski definition) is 19. The maximum Gasteiger partial charge on any atom is 0.242 e. The van der Waals surface area contributed by atoms with E-state index in [4.69, 9.17) is 89.7 Å². The van der Waals surface area contributed by atoms with Gasteiger partial charge < -0.3 is 0 Å². The quantitative estimate of drug-likeness (QED) is 0.0971. The summed E-state index contributed by atoms with van der Waals surface area (Å²) in [6.45, 7) is 0. The summed E-state index contributed by atoms with van der Waals surface area (Å²) in [6.07, 6.45) is 17.7. The monoisotopic (exact) mass is 1700 g/mol. The molecule has 9 aromatic carbocycles. The topological polar surface area (TPSA) is 265 Å². The first-order valence-corrected chi connectivity index (χ1v) is 42.8. The van der Waals surface area contributed by atoms with Gasteiger partial charge in [-0.1, -0.05) is 218 Å². The highest BCUT2D eigenvalue weighted by molar-refractivity contribution is 6.12. The second kappa shape index (κ2) is 33.0. The molecule has 618 valence electrons. The average molecular weight is 1700 g/mol. The van der Waals surface area contributed by atoms with Crippen LogP contribution in [0.25, 0.3) is 235 Å². The van der Waals surface area contributed by atoms with Gasteiger partial charge in [0.1, 0.15) is 45.2 Å². The van der Waals surface area contributed by atoms with Gasteiger partial charge in [0.25, 0.3) is 0 Å². The molecule has 0 radical (unpaired) electrons. The molecule has 0 atom stereocenters. The highest BCUT2D eigenvalue weighted by Crippen LogP contribution is 2.40. The normalized spacial score (nSPS) is 11.5. The fraction of sp³-hybridized carbons (Fsp3) is 0. The van der Waals surface area contributed by atoms with Gasteiger partial charge in [0.15, 0.2) is 29.1 Å². The molecule has 0 spiro atoms. The zero-order valence-corrected chi connectivity index (χ0v) is 70.0. The van der Waals surface area contributed by atoms with Crippen molar-refractivity contribution in [2.75, 3.05) is 0 Å². The third-order valence-corrected chi connectivity index (χ3v) is 23.5. The molecule has 0 aliphatic carbocycles. The predicted octanol–water partition coefficient (Wildman–Crippen LogP) is 23.3. The van der Waals surface area contributed by atoms with Crippen molar-refractivity contribution in [3.8, 4) is 125 Å².